The largest absolute Gasteiger partial charge is 0.462 e. The molecular formula is C9H9NO. The first-order valence-electron chi connectivity index (χ1n) is 3.50. The van der Waals surface area contributed by atoms with Gasteiger partial charge in [-0.1, -0.05) is 12.7 Å². The zero-order valence-corrected chi connectivity index (χ0v) is 6.35. The second-order valence-corrected chi connectivity index (χ2v) is 2.59. The van der Waals surface area contributed by atoms with Crippen molar-refractivity contribution in [2.75, 3.05) is 0 Å². The number of H-pyrrole nitrogens is 1. The average molecular weight is 147 g/mol. The smallest absolute Gasteiger partial charge is 0.152 e. The van der Waals surface area contributed by atoms with Crippen LogP contribution in [-0.4, -0.2) is 4.98 Å². The SMILES string of the molecule is C=Cc1coc2cc(C)[nH]c12. The monoisotopic (exact) mass is 147 g/mol. The Labute approximate surface area is 64.5 Å². The molecule has 2 heteroatoms. The molecule has 56 valence electrons. The third-order valence-electron chi connectivity index (χ3n) is 1.74. The number of furan rings is 1. The minimum atomic E-state index is 0.900. The summed E-state index contributed by atoms with van der Waals surface area (Å²) in [7, 11) is 0. The third kappa shape index (κ3) is 0.792. The summed E-state index contributed by atoms with van der Waals surface area (Å²) in [6.45, 7) is 5.68. The fourth-order valence-corrected chi connectivity index (χ4v) is 1.21. The molecule has 0 aliphatic rings. The van der Waals surface area contributed by atoms with Gasteiger partial charge in [0.25, 0.3) is 0 Å². The van der Waals surface area contributed by atoms with Crippen LogP contribution < -0.4 is 0 Å². The Morgan fingerprint density at radius 1 is 1.64 bits per heavy atom. The van der Waals surface area contributed by atoms with E-state index >= 15 is 0 Å². The Morgan fingerprint density at radius 3 is 3.18 bits per heavy atom. The number of aromatic amines is 1. The molecule has 0 unspecified atom stereocenters. The second kappa shape index (κ2) is 2.02. The van der Waals surface area contributed by atoms with E-state index in [1.165, 1.54) is 0 Å². The number of hydrogen-bond donors (Lipinski definition) is 1. The molecule has 2 rings (SSSR count). The van der Waals surface area contributed by atoms with Crippen molar-refractivity contribution in [3.05, 3.63) is 30.2 Å². The molecule has 2 aromatic rings. The summed E-state index contributed by atoms with van der Waals surface area (Å²) in [4.78, 5) is 3.19. The molecule has 0 aliphatic carbocycles. The van der Waals surface area contributed by atoms with Crippen LogP contribution in [0.3, 0.4) is 0 Å². The molecule has 0 atom stereocenters. The van der Waals surface area contributed by atoms with E-state index in [2.05, 4.69) is 11.6 Å². The first-order valence-corrected chi connectivity index (χ1v) is 3.50. The number of rotatable bonds is 1. The number of hydrogen-bond acceptors (Lipinski definition) is 1. The molecule has 2 aromatic heterocycles. The maximum atomic E-state index is 5.26. The highest BCUT2D eigenvalue weighted by atomic mass is 16.3. The molecule has 0 bridgehead atoms. The standard InChI is InChI=1S/C9H9NO/c1-3-7-5-11-8-4-6(2)10-9(7)8/h3-5,10H,1H2,2H3. The van der Waals surface area contributed by atoms with Gasteiger partial charge in [0, 0.05) is 17.3 Å². The molecule has 0 saturated carbocycles. The topological polar surface area (TPSA) is 28.9 Å². The predicted octanol–water partition coefficient (Wildman–Crippen LogP) is 2.71. The summed E-state index contributed by atoms with van der Waals surface area (Å²) in [5.74, 6) is 0. The van der Waals surface area contributed by atoms with Crippen LogP contribution in [0, 0.1) is 6.92 Å². The van der Waals surface area contributed by atoms with Crippen LogP contribution >= 0.6 is 0 Å². The molecule has 0 saturated heterocycles. The number of fused-ring (bicyclic) bond motifs is 1. The Hall–Kier alpha value is -1.44. The van der Waals surface area contributed by atoms with Crippen molar-refractivity contribution in [3.8, 4) is 0 Å². The maximum Gasteiger partial charge on any atom is 0.152 e. The molecule has 1 N–H and O–H groups in total. The van der Waals surface area contributed by atoms with Crippen molar-refractivity contribution in [2.45, 2.75) is 6.92 Å². The van der Waals surface area contributed by atoms with Gasteiger partial charge < -0.3 is 9.40 Å². The summed E-state index contributed by atoms with van der Waals surface area (Å²) in [6.07, 6.45) is 3.48. The van der Waals surface area contributed by atoms with Gasteiger partial charge in [-0.3, -0.25) is 0 Å². The van der Waals surface area contributed by atoms with Crippen LogP contribution in [0.25, 0.3) is 17.2 Å². The maximum absolute atomic E-state index is 5.26. The lowest BCUT2D eigenvalue weighted by molar-refractivity contribution is 0.615. The molecule has 11 heavy (non-hydrogen) atoms. The van der Waals surface area contributed by atoms with E-state index in [0.717, 1.165) is 22.4 Å². The van der Waals surface area contributed by atoms with Crippen LogP contribution in [0.5, 0.6) is 0 Å². The molecular weight excluding hydrogens is 138 g/mol. The van der Waals surface area contributed by atoms with Gasteiger partial charge in [0.1, 0.15) is 6.26 Å². The molecule has 0 spiro atoms. The second-order valence-electron chi connectivity index (χ2n) is 2.59. The molecule has 2 heterocycles. The van der Waals surface area contributed by atoms with Crippen molar-refractivity contribution in [2.24, 2.45) is 0 Å². The fourth-order valence-electron chi connectivity index (χ4n) is 1.21. The zero-order chi connectivity index (χ0) is 7.84. The van der Waals surface area contributed by atoms with E-state index in [4.69, 9.17) is 4.42 Å². The van der Waals surface area contributed by atoms with E-state index < -0.39 is 0 Å². The lowest BCUT2D eigenvalue weighted by atomic mass is 10.3. The van der Waals surface area contributed by atoms with Crippen molar-refractivity contribution in [3.63, 3.8) is 0 Å². The Morgan fingerprint density at radius 2 is 2.45 bits per heavy atom. The van der Waals surface area contributed by atoms with E-state index in [0.29, 0.717) is 0 Å². The van der Waals surface area contributed by atoms with Crippen LogP contribution in [0.15, 0.2) is 23.3 Å². The average Bonchev–Trinajstić information content (AvgIpc) is 2.45. The molecule has 0 fully saturated rings. The summed E-state index contributed by atoms with van der Waals surface area (Å²) >= 11 is 0. The van der Waals surface area contributed by atoms with Gasteiger partial charge in [0.2, 0.25) is 0 Å². The highest BCUT2D eigenvalue weighted by Crippen LogP contribution is 2.21. The molecule has 0 aromatic carbocycles. The van der Waals surface area contributed by atoms with Gasteiger partial charge in [0.05, 0.1) is 5.52 Å². The van der Waals surface area contributed by atoms with Gasteiger partial charge >= 0.3 is 0 Å². The summed E-state index contributed by atoms with van der Waals surface area (Å²) in [6, 6.07) is 1.97. The van der Waals surface area contributed by atoms with Crippen LogP contribution in [-0.2, 0) is 0 Å². The van der Waals surface area contributed by atoms with Crippen molar-refractivity contribution in [1.82, 2.24) is 4.98 Å². The summed E-state index contributed by atoms with van der Waals surface area (Å²) in [5.41, 5.74) is 4.07. The quantitative estimate of drug-likeness (QED) is 0.660. The Kier molecular flexibility index (Phi) is 1.15. The van der Waals surface area contributed by atoms with Crippen molar-refractivity contribution in [1.29, 1.82) is 0 Å². The van der Waals surface area contributed by atoms with Gasteiger partial charge in [-0.15, -0.1) is 0 Å². The highest BCUT2D eigenvalue weighted by molar-refractivity contribution is 5.84. The number of nitrogens with one attached hydrogen (secondary N) is 1. The predicted molar refractivity (Wildman–Crippen MR) is 45.4 cm³/mol. The lowest BCUT2D eigenvalue weighted by Crippen LogP contribution is -1.68. The Balaban J connectivity index is 2.83. The summed E-state index contributed by atoms with van der Waals surface area (Å²) in [5, 5.41) is 0. The zero-order valence-electron chi connectivity index (χ0n) is 6.35. The number of aromatic nitrogens is 1. The minimum absolute atomic E-state index is 0.900. The molecule has 2 nitrogen and oxygen atoms in total. The van der Waals surface area contributed by atoms with Gasteiger partial charge in [-0.2, -0.15) is 0 Å². The lowest BCUT2D eigenvalue weighted by Gasteiger charge is -1.81. The van der Waals surface area contributed by atoms with Gasteiger partial charge in [-0.05, 0) is 6.92 Å². The summed E-state index contributed by atoms with van der Waals surface area (Å²) < 4.78 is 5.26. The van der Waals surface area contributed by atoms with Gasteiger partial charge in [0.15, 0.2) is 5.58 Å². The van der Waals surface area contributed by atoms with E-state index in [9.17, 15) is 0 Å². The Bertz CT molecular complexity index is 395. The van der Waals surface area contributed by atoms with Gasteiger partial charge in [-0.25, -0.2) is 0 Å². The normalized spacial score (nSPS) is 10.6. The van der Waals surface area contributed by atoms with Crippen LogP contribution in [0.2, 0.25) is 0 Å². The third-order valence-corrected chi connectivity index (χ3v) is 1.74. The molecule has 0 radical (unpaired) electrons. The molecule has 0 aliphatic heterocycles. The van der Waals surface area contributed by atoms with E-state index in [-0.39, 0.29) is 0 Å². The van der Waals surface area contributed by atoms with Crippen molar-refractivity contribution < 1.29 is 4.42 Å². The van der Waals surface area contributed by atoms with Crippen LogP contribution in [0.4, 0.5) is 0 Å². The first-order chi connectivity index (χ1) is 5.31. The van der Waals surface area contributed by atoms with E-state index in [1.807, 2.05) is 13.0 Å². The fraction of sp³-hybridized carbons (Fsp3) is 0.111. The number of aryl methyl sites for hydroxylation is 1. The van der Waals surface area contributed by atoms with Crippen LogP contribution in [0.1, 0.15) is 11.3 Å². The minimum Gasteiger partial charge on any atom is -0.462 e. The molecule has 0 amide bonds. The van der Waals surface area contributed by atoms with Crippen molar-refractivity contribution >= 4 is 17.2 Å². The first kappa shape index (κ1) is 6.28. The van der Waals surface area contributed by atoms with E-state index in [1.54, 1.807) is 12.3 Å². The highest BCUT2D eigenvalue weighted by Gasteiger charge is 2.04.